The van der Waals surface area contributed by atoms with Gasteiger partial charge in [-0.05, 0) is 70.7 Å². The van der Waals surface area contributed by atoms with E-state index in [0.717, 1.165) is 42.6 Å². The summed E-state index contributed by atoms with van der Waals surface area (Å²) in [4.78, 5) is 12.6. The number of piperidine rings is 1. The van der Waals surface area contributed by atoms with Crippen LogP contribution in [0, 0.1) is 0 Å². The summed E-state index contributed by atoms with van der Waals surface area (Å²) in [5.41, 5.74) is 1.89. The number of nitrogens with one attached hydrogen (secondary N) is 2. The molecule has 25 heavy (non-hydrogen) atoms. The van der Waals surface area contributed by atoms with Crippen LogP contribution in [0.2, 0.25) is 0 Å². The maximum absolute atomic E-state index is 12.6. The van der Waals surface area contributed by atoms with E-state index in [1.54, 1.807) is 0 Å². The molecule has 2 N–H and O–H groups in total. The van der Waals surface area contributed by atoms with Crippen molar-refractivity contribution in [1.82, 2.24) is 5.32 Å². The smallest absolute Gasteiger partial charge is 0.399 e. The topological polar surface area (TPSA) is 59.6 Å². The maximum Gasteiger partial charge on any atom is 0.494 e. The lowest BCUT2D eigenvalue weighted by Crippen LogP contribution is -2.45. The number of fused-ring (bicyclic) bond motifs is 2. The third-order valence-corrected chi connectivity index (χ3v) is 6.22. The normalized spacial score (nSPS) is 25.4. The summed E-state index contributed by atoms with van der Waals surface area (Å²) in [5.74, 6) is 0.130. The van der Waals surface area contributed by atoms with Gasteiger partial charge in [-0.3, -0.25) is 4.79 Å². The van der Waals surface area contributed by atoms with Crippen LogP contribution >= 0.6 is 12.4 Å². The zero-order valence-corrected chi connectivity index (χ0v) is 16.1. The van der Waals surface area contributed by atoms with E-state index in [0.29, 0.717) is 0 Å². The first-order valence-electron chi connectivity index (χ1n) is 8.77. The van der Waals surface area contributed by atoms with Gasteiger partial charge in [-0.1, -0.05) is 12.1 Å². The summed E-state index contributed by atoms with van der Waals surface area (Å²) in [7, 11) is -0.394. The fourth-order valence-corrected chi connectivity index (χ4v) is 3.91. The first-order valence-corrected chi connectivity index (χ1v) is 8.77. The Morgan fingerprint density at radius 3 is 2.24 bits per heavy atom. The molecule has 1 aromatic rings. The zero-order chi connectivity index (χ0) is 17.2. The fraction of sp³-hybridized carbons (Fsp3) is 0.611. The number of hydrogen-bond donors (Lipinski definition) is 2. The Morgan fingerprint density at radius 1 is 1.04 bits per heavy atom. The van der Waals surface area contributed by atoms with E-state index in [1.807, 2.05) is 12.1 Å². The standard InChI is InChI=1S/C18H25BN2O3.ClH/c1-16(2)17(3,4)24-19(23-16)12-5-6-14-13(11-12)18(15(22)21-14)7-9-20-10-8-18;/h5-6,11,20H,7-10H2,1-4H3,(H,21,22);1H. The Labute approximate surface area is 155 Å². The van der Waals surface area contributed by atoms with Gasteiger partial charge < -0.3 is 19.9 Å². The summed E-state index contributed by atoms with van der Waals surface area (Å²) < 4.78 is 12.3. The lowest BCUT2D eigenvalue weighted by molar-refractivity contribution is -0.121. The number of benzene rings is 1. The van der Waals surface area contributed by atoms with Gasteiger partial charge >= 0.3 is 7.12 Å². The Balaban J connectivity index is 0.00000182. The van der Waals surface area contributed by atoms with Crippen molar-refractivity contribution < 1.29 is 14.1 Å². The van der Waals surface area contributed by atoms with Crippen LogP contribution in [0.3, 0.4) is 0 Å². The molecular weight excluding hydrogens is 338 g/mol. The SMILES string of the molecule is CC1(C)OB(c2ccc3c(c2)C2(CCNCC2)C(=O)N3)OC1(C)C.Cl. The van der Waals surface area contributed by atoms with E-state index in [9.17, 15) is 4.79 Å². The van der Waals surface area contributed by atoms with Gasteiger partial charge in [0.05, 0.1) is 16.6 Å². The summed E-state index contributed by atoms with van der Waals surface area (Å²) in [6.07, 6.45) is 1.66. The molecule has 0 aromatic heterocycles. The van der Waals surface area contributed by atoms with Crippen molar-refractivity contribution in [3.63, 3.8) is 0 Å². The fourth-order valence-electron chi connectivity index (χ4n) is 3.91. The van der Waals surface area contributed by atoms with Gasteiger partial charge in [0.1, 0.15) is 0 Å². The molecular formula is C18H26BClN2O3. The van der Waals surface area contributed by atoms with Gasteiger partial charge in [0, 0.05) is 5.69 Å². The molecule has 1 aromatic carbocycles. The van der Waals surface area contributed by atoms with Crippen LogP contribution in [0.25, 0.3) is 0 Å². The highest BCUT2D eigenvalue weighted by atomic mass is 35.5. The zero-order valence-electron chi connectivity index (χ0n) is 15.3. The molecule has 0 atom stereocenters. The number of halogens is 1. The van der Waals surface area contributed by atoms with Crippen LogP contribution in [0.5, 0.6) is 0 Å². The van der Waals surface area contributed by atoms with E-state index in [2.05, 4.69) is 44.4 Å². The molecule has 3 aliphatic heterocycles. The number of carbonyl (C=O) groups excluding carboxylic acids is 1. The molecule has 0 saturated carbocycles. The Kier molecular flexibility index (Phi) is 4.48. The Hall–Kier alpha value is -1.08. The summed E-state index contributed by atoms with van der Waals surface area (Å²) in [6, 6.07) is 6.10. The molecule has 2 saturated heterocycles. The summed E-state index contributed by atoms with van der Waals surface area (Å²) in [6.45, 7) is 9.96. The summed E-state index contributed by atoms with van der Waals surface area (Å²) >= 11 is 0. The van der Waals surface area contributed by atoms with Crippen molar-refractivity contribution in [3.05, 3.63) is 23.8 Å². The van der Waals surface area contributed by atoms with Crippen molar-refractivity contribution >= 4 is 36.6 Å². The van der Waals surface area contributed by atoms with Crippen LogP contribution in [-0.4, -0.2) is 37.3 Å². The van der Waals surface area contributed by atoms with Crippen molar-refractivity contribution in [1.29, 1.82) is 0 Å². The summed E-state index contributed by atoms with van der Waals surface area (Å²) in [5, 5.41) is 6.41. The van der Waals surface area contributed by atoms with Crippen LogP contribution in [0.15, 0.2) is 18.2 Å². The van der Waals surface area contributed by atoms with E-state index in [4.69, 9.17) is 9.31 Å². The highest BCUT2D eigenvalue weighted by molar-refractivity contribution is 6.62. The minimum atomic E-state index is -0.403. The van der Waals surface area contributed by atoms with Crippen LogP contribution < -0.4 is 16.1 Å². The largest absolute Gasteiger partial charge is 0.494 e. The van der Waals surface area contributed by atoms with Gasteiger partial charge in [0.15, 0.2) is 0 Å². The molecule has 0 radical (unpaired) electrons. The maximum atomic E-state index is 12.6. The Morgan fingerprint density at radius 2 is 1.64 bits per heavy atom. The number of hydrogen-bond acceptors (Lipinski definition) is 4. The Bertz CT molecular complexity index is 686. The average Bonchev–Trinajstić information content (AvgIpc) is 2.91. The predicted octanol–water partition coefficient (Wildman–Crippen LogP) is 1.98. The quantitative estimate of drug-likeness (QED) is 0.748. The number of amides is 1. The minimum absolute atomic E-state index is 0. The lowest BCUT2D eigenvalue weighted by Gasteiger charge is -2.32. The van der Waals surface area contributed by atoms with E-state index in [1.165, 1.54) is 0 Å². The van der Waals surface area contributed by atoms with E-state index >= 15 is 0 Å². The molecule has 0 aliphatic carbocycles. The number of carbonyl (C=O) groups is 1. The van der Waals surface area contributed by atoms with Crippen LogP contribution in [0.1, 0.15) is 46.1 Å². The van der Waals surface area contributed by atoms with E-state index in [-0.39, 0.29) is 29.5 Å². The molecule has 4 rings (SSSR count). The highest BCUT2D eigenvalue weighted by Crippen LogP contribution is 2.44. The first-order chi connectivity index (χ1) is 11.3. The monoisotopic (exact) mass is 364 g/mol. The van der Waals surface area contributed by atoms with Crippen molar-refractivity contribution in [2.24, 2.45) is 0 Å². The van der Waals surface area contributed by atoms with Crippen LogP contribution in [0.4, 0.5) is 5.69 Å². The second kappa shape index (κ2) is 5.98. The molecule has 1 spiro atoms. The first kappa shape index (κ1) is 18.7. The molecule has 136 valence electrons. The second-order valence-electron chi connectivity index (χ2n) is 8.18. The van der Waals surface area contributed by atoms with Gasteiger partial charge in [-0.15, -0.1) is 12.4 Å². The molecule has 1 amide bonds. The molecule has 5 nitrogen and oxygen atoms in total. The third kappa shape index (κ3) is 2.70. The van der Waals surface area contributed by atoms with Gasteiger partial charge in [0.2, 0.25) is 5.91 Å². The molecule has 7 heteroatoms. The average molecular weight is 365 g/mol. The van der Waals surface area contributed by atoms with Crippen molar-refractivity contribution in [2.75, 3.05) is 18.4 Å². The van der Waals surface area contributed by atoms with Gasteiger partial charge in [-0.25, -0.2) is 0 Å². The van der Waals surface area contributed by atoms with Gasteiger partial charge in [0.25, 0.3) is 0 Å². The van der Waals surface area contributed by atoms with E-state index < -0.39 is 12.5 Å². The van der Waals surface area contributed by atoms with Crippen LogP contribution in [-0.2, 0) is 19.5 Å². The second-order valence-corrected chi connectivity index (χ2v) is 8.18. The van der Waals surface area contributed by atoms with Crippen molar-refractivity contribution in [3.8, 4) is 0 Å². The molecule has 3 heterocycles. The molecule has 3 aliphatic rings. The minimum Gasteiger partial charge on any atom is -0.399 e. The molecule has 2 fully saturated rings. The van der Waals surface area contributed by atoms with Crippen molar-refractivity contribution in [2.45, 2.75) is 57.2 Å². The predicted molar refractivity (Wildman–Crippen MR) is 102 cm³/mol. The third-order valence-electron chi connectivity index (χ3n) is 6.22. The highest BCUT2D eigenvalue weighted by Gasteiger charge is 2.53. The molecule has 0 bridgehead atoms. The number of anilines is 1. The van der Waals surface area contributed by atoms with Gasteiger partial charge in [-0.2, -0.15) is 0 Å². The lowest BCUT2D eigenvalue weighted by atomic mass is 9.70. The molecule has 0 unspecified atom stereocenters. The number of rotatable bonds is 1.